The van der Waals surface area contributed by atoms with Crippen LogP contribution in [0.4, 0.5) is 14.5 Å². The summed E-state index contributed by atoms with van der Waals surface area (Å²) in [4.78, 5) is 1.76. The molecule has 1 aromatic carbocycles. The van der Waals surface area contributed by atoms with Gasteiger partial charge in [0.2, 0.25) is 0 Å². The fraction of sp³-hybridized carbons (Fsp3) is 0.600. The van der Waals surface area contributed by atoms with Crippen molar-refractivity contribution in [2.75, 3.05) is 25.2 Å². The standard InChI is InChI=1S/C15H24F2N2O/c1-4-12(5-2)19(6-7-20-3)15-13(16)8-11(10-18)9-14(15)17/h8-9,12H,4-7,10,18H2,1-3H3. The Kier molecular flexibility index (Phi) is 6.88. The average molecular weight is 286 g/mol. The van der Waals surface area contributed by atoms with Crippen molar-refractivity contribution in [3.8, 4) is 0 Å². The molecule has 0 aliphatic heterocycles. The van der Waals surface area contributed by atoms with Crippen LogP contribution in [0.25, 0.3) is 0 Å². The molecule has 1 aromatic rings. The van der Waals surface area contributed by atoms with E-state index in [2.05, 4.69) is 0 Å². The van der Waals surface area contributed by atoms with Gasteiger partial charge >= 0.3 is 0 Å². The van der Waals surface area contributed by atoms with Crippen molar-refractivity contribution in [1.82, 2.24) is 0 Å². The van der Waals surface area contributed by atoms with Crippen LogP contribution >= 0.6 is 0 Å². The summed E-state index contributed by atoms with van der Waals surface area (Å²) >= 11 is 0. The van der Waals surface area contributed by atoms with Crippen LogP contribution in [0.2, 0.25) is 0 Å². The first kappa shape index (κ1) is 16.9. The molecule has 0 heterocycles. The summed E-state index contributed by atoms with van der Waals surface area (Å²) in [5, 5.41) is 0. The first-order valence-corrected chi connectivity index (χ1v) is 7.02. The topological polar surface area (TPSA) is 38.5 Å². The fourth-order valence-corrected chi connectivity index (χ4v) is 2.41. The zero-order valence-corrected chi connectivity index (χ0v) is 12.5. The van der Waals surface area contributed by atoms with Crippen molar-refractivity contribution in [2.45, 2.75) is 39.3 Å². The Morgan fingerprint density at radius 3 is 2.15 bits per heavy atom. The Morgan fingerprint density at radius 1 is 1.20 bits per heavy atom. The zero-order chi connectivity index (χ0) is 15.1. The lowest BCUT2D eigenvalue weighted by atomic mass is 10.1. The second kappa shape index (κ2) is 8.17. The highest BCUT2D eigenvalue weighted by molar-refractivity contribution is 5.51. The van der Waals surface area contributed by atoms with Gasteiger partial charge in [0.05, 0.1) is 6.61 Å². The number of hydrogen-bond acceptors (Lipinski definition) is 3. The fourth-order valence-electron chi connectivity index (χ4n) is 2.41. The minimum Gasteiger partial charge on any atom is -0.383 e. The van der Waals surface area contributed by atoms with E-state index in [1.165, 1.54) is 12.1 Å². The number of methoxy groups -OCH3 is 1. The van der Waals surface area contributed by atoms with Gasteiger partial charge in [-0.1, -0.05) is 13.8 Å². The van der Waals surface area contributed by atoms with Crippen molar-refractivity contribution in [1.29, 1.82) is 0 Å². The van der Waals surface area contributed by atoms with E-state index in [0.29, 0.717) is 18.7 Å². The van der Waals surface area contributed by atoms with Gasteiger partial charge in [-0.15, -0.1) is 0 Å². The van der Waals surface area contributed by atoms with Crippen molar-refractivity contribution in [3.63, 3.8) is 0 Å². The Bertz CT molecular complexity index is 399. The highest BCUT2D eigenvalue weighted by atomic mass is 19.1. The lowest BCUT2D eigenvalue weighted by Crippen LogP contribution is -2.38. The van der Waals surface area contributed by atoms with E-state index in [-0.39, 0.29) is 18.3 Å². The second-order valence-electron chi connectivity index (χ2n) is 4.77. The van der Waals surface area contributed by atoms with Crippen LogP contribution < -0.4 is 10.6 Å². The van der Waals surface area contributed by atoms with Crippen molar-refractivity contribution in [2.24, 2.45) is 5.73 Å². The Labute approximate surface area is 119 Å². The molecule has 0 aromatic heterocycles. The molecule has 0 spiro atoms. The summed E-state index contributed by atoms with van der Waals surface area (Å²) in [5.41, 5.74) is 5.92. The van der Waals surface area contributed by atoms with Crippen molar-refractivity contribution >= 4 is 5.69 Å². The zero-order valence-electron chi connectivity index (χ0n) is 12.5. The van der Waals surface area contributed by atoms with Crippen LogP contribution in [0.3, 0.4) is 0 Å². The largest absolute Gasteiger partial charge is 0.383 e. The highest BCUT2D eigenvalue weighted by Gasteiger charge is 2.23. The van der Waals surface area contributed by atoms with Gasteiger partial charge < -0.3 is 15.4 Å². The van der Waals surface area contributed by atoms with Gasteiger partial charge in [0.15, 0.2) is 0 Å². The van der Waals surface area contributed by atoms with E-state index in [0.717, 1.165) is 12.8 Å². The van der Waals surface area contributed by atoms with E-state index in [1.807, 2.05) is 13.8 Å². The molecule has 0 unspecified atom stereocenters. The maximum absolute atomic E-state index is 14.2. The van der Waals surface area contributed by atoms with Gasteiger partial charge in [-0.25, -0.2) is 8.78 Å². The molecule has 0 fully saturated rings. The van der Waals surface area contributed by atoms with Gasteiger partial charge in [-0.3, -0.25) is 0 Å². The van der Waals surface area contributed by atoms with Crippen LogP contribution in [0, 0.1) is 11.6 Å². The van der Waals surface area contributed by atoms with Crippen LogP contribution in [-0.2, 0) is 11.3 Å². The Hall–Kier alpha value is -1.20. The van der Waals surface area contributed by atoms with Gasteiger partial charge in [0.1, 0.15) is 17.3 Å². The molecule has 1 rings (SSSR count). The highest BCUT2D eigenvalue weighted by Crippen LogP contribution is 2.28. The third kappa shape index (κ3) is 3.90. The van der Waals surface area contributed by atoms with Gasteiger partial charge in [0.25, 0.3) is 0 Å². The molecule has 0 radical (unpaired) electrons. The minimum absolute atomic E-state index is 0.0213. The quantitative estimate of drug-likeness (QED) is 0.798. The summed E-state index contributed by atoms with van der Waals surface area (Å²) in [7, 11) is 1.58. The number of rotatable bonds is 8. The second-order valence-corrected chi connectivity index (χ2v) is 4.77. The molecule has 20 heavy (non-hydrogen) atoms. The van der Waals surface area contributed by atoms with E-state index < -0.39 is 11.6 Å². The molecule has 0 saturated carbocycles. The molecule has 0 saturated heterocycles. The lowest BCUT2D eigenvalue weighted by molar-refractivity contribution is 0.202. The van der Waals surface area contributed by atoms with E-state index >= 15 is 0 Å². The van der Waals surface area contributed by atoms with Crippen LogP contribution in [0.5, 0.6) is 0 Å². The summed E-state index contributed by atoms with van der Waals surface area (Å²) in [6.45, 7) is 5.03. The maximum atomic E-state index is 14.2. The molecule has 2 N–H and O–H groups in total. The number of hydrogen-bond donors (Lipinski definition) is 1. The number of halogens is 2. The molecule has 0 atom stereocenters. The number of benzene rings is 1. The number of nitrogens with zero attached hydrogens (tertiary/aromatic N) is 1. The lowest BCUT2D eigenvalue weighted by Gasteiger charge is -2.33. The van der Waals surface area contributed by atoms with E-state index in [4.69, 9.17) is 10.5 Å². The van der Waals surface area contributed by atoms with Gasteiger partial charge in [-0.2, -0.15) is 0 Å². The summed E-state index contributed by atoms with van der Waals surface area (Å²) < 4.78 is 33.5. The van der Waals surface area contributed by atoms with Gasteiger partial charge in [0, 0.05) is 26.2 Å². The molecule has 0 bridgehead atoms. The smallest absolute Gasteiger partial charge is 0.149 e. The Morgan fingerprint density at radius 2 is 1.75 bits per heavy atom. The molecule has 0 aliphatic rings. The normalized spacial score (nSPS) is 11.2. The maximum Gasteiger partial charge on any atom is 0.149 e. The van der Waals surface area contributed by atoms with E-state index in [1.54, 1.807) is 12.0 Å². The third-order valence-electron chi connectivity index (χ3n) is 3.52. The number of anilines is 1. The summed E-state index contributed by atoms with van der Waals surface area (Å²) in [5.74, 6) is -1.12. The molecular weight excluding hydrogens is 262 g/mol. The summed E-state index contributed by atoms with van der Waals surface area (Å²) in [6, 6.07) is 2.69. The third-order valence-corrected chi connectivity index (χ3v) is 3.52. The first-order valence-electron chi connectivity index (χ1n) is 7.02. The molecule has 114 valence electrons. The average Bonchev–Trinajstić information content (AvgIpc) is 2.44. The van der Waals surface area contributed by atoms with Crippen molar-refractivity contribution < 1.29 is 13.5 Å². The molecule has 0 aliphatic carbocycles. The van der Waals surface area contributed by atoms with Crippen LogP contribution in [-0.4, -0.2) is 26.3 Å². The monoisotopic (exact) mass is 286 g/mol. The van der Waals surface area contributed by atoms with Crippen LogP contribution in [0.1, 0.15) is 32.3 Å². The number of nitrogens with two attached hydrogens (primary N) is 1. The van der Waals surface area contributed by atoms with Crippen LogP contribution in [0.15, 0.2) is 12.1 Å². The predicted octanol–water partition coefficient (Wildman–Crippen LogP) is 3.06. The minimum atomic E-state index is -0.562. The Balaban J connectivity index is 3.18. The molecule has 5 heteroatoms. The molecule has 0 amide bonds. The SMILES string of the molecule is CCC(CC)N(CCOC)c1c(F)cc(CN)cc1F. The van der Waals surface area contributed by atoms with Gasteiger partial charge in [-0.05, 0) is 30.5 Å². The molecular formula is C15H24F2N2O. The first-order chi connectivity index (χ1) is 9.58. The summed E-state index contributed by atoms with van der Waals surface area (Å²) in [6.07, 6.45) is 1.63. The molecule has 3 nitrogen and oxygen atoms in total. The van der Waals surface area contributed by atoms with Crippen molar-refractivity contribution in [3.05, 3.63) is 29.3 Å². The predicted molar refractivity (Wildman–Crippen MR) is 77.8 cm³/mol. The van der Waals surface area contributed by atoms with E-state index in [9.17, 15) is 8.78 Å². The number of ether oxygens (including phenoxy) is 1.